The molecule has 1 aromatic carbocycles. The van der Waals surface area contributed by atoms with Gasteiger partial charge in [-0.25, -0.2) is 5.10 Å². The molecular formula is C13H15N3O2. The number of unbranched alkanes of at least 4 members (excludes halogenated alkanes) is 1. The van der Waals surface area contributed by atoms with Crippen LogP contribution in [0.5, 0.6) is 0 Å². The van der Waals surface area contributed by atoms with Crippen LogP contribution in [-0.2, 0) is 0 Å². The standard InChI is InChI=1S/C13H15N3O2/c1-2-3-8-14-13(18)11-9-6-4-5-7-10(9)12(17)16-15-11/h4-7H,2-3,8H2,1H3,(H,14,18)(H,16,17). The predicted molar refractivity (Wildman–Crippen MR) is 69.6 cm³/mol. The summed E-state index contributed by atoms with van der Waals surface area (Å²) in [6, 6.07) is 6.95. The summed E-state index contributed by atoms with van der Waals surface area (Å²) in [5.74, 6) is -0.254. The maximum absolute atomic E-state index is 11.9. The fourth-order valence-electron chi connectivity index (χ4n) is 1.75. The van der Waals surface area contributed by atoms with Crippen LogP contribution in [0.1, 0.15) is 30.3 Å². The number of amides is 1. The van der Waals surface area contributed by atoms with Gasteiger partial charge in [0.1, 0.15) is 0 Å². The van der Waals surface area contributed by atoms with Gasteiger partial charge >= 0.3 is 0 Å². The van der Waals surface area contributed by atoms with E-state index in [-0.39, 0.29) is 17.2 Å². The molecule has 2 N–H and O–H groups in total. The average Bonchev–Trinajstić information content (AvgIpc) is 2.39. The fraction of sp³-hybridized carbons (Fsp3) is 0.308. The highest BCUT2D eigenvalue weighted by Crippen LogP contribution is 2.11. The number of carbonyl (C=O) groups excluding carboxylic acids is 1. The van der Waals surface area contributed by atoms with E-state index >= 15 is 0 Å². The van der Waals surface area contributed by atoms with Crippen LogP contribution < -0.4 is 10.9 Å². The van der Waals surface area contributed by atoms with E-state index in [1.807, 2.05) is 0 Å². The van der Waals surface area contributed by atoms with E-state index in [4.69, 9.17) is 0 Å². The minimum atomic E-state index is -0.282. The monoisotopic (exact) mass is 245 g/mol. The number of nitrogens with one attached hydrogen (secondary N) is 2. The summed E-state index contributed by atoms with van der Waals surface area (Å²) in [5, 5.41) is 10.0. The number of fused-ring (bicyclic) bond motifs is 1. The Kier molecular flexibility index (Phi) is 3.72. The Morgan fingerprint density at radius 1 is 1.33 bits per heavy atom. The smallest absolute Gasteiger partial charge is 0.272 e. The third-order valence-corrected chi connectivity index (χ3v) is 2.73. The molecule has 0 saturated heterocycles. The molecule has 94 valence electrons. The van der Waals surface area contributed by atoms with Crippen molar-refractivity contribution in [3.8, 4) is 0 Å². The lowest BCUT2D eigenvalue weighted by Crippen LogP contribution is -2.27. The Balaban J connectivity index is 2.36. The number of nitrogens with zero attached hydrogens (tertiary/aromatic N) is 1. The van der Waals surface area contributed by atoms with Gasteiger partial charge in [0, 0.05) is 11.9 Å². The third kappa shape index (κ3) is 2.40. The van der Waals surface area contributed by atoms with E-state index in [0.29, 0.717) is 17.3 Å². The highest BCUT2D eigenvalue weighted by atomic mass is 16.2. The molecule has 0 aliphatic carbocycles. The summed E-state index contributed by atoms with van der Waals surface area (Å²) in [5.41, 5.74) is -0.0167. The second-order valence-electron chi connectivity index (χ2n) is 4.06. The summed E-state index contributed by atoms with van der Waals surface area (Å²) in [7, 11) is 0. The SMILES string of the molecule is CCCCNC(=O)c1n[nH]c(=O)c2ccccc12. The summed E-state index contributed by atoms with van der Waals surface area (Å²) in [6.07, 6.45) is 1.94. The van der Waals surface area contributed by atoms with E-state index in [9.17, 15) is 9.59 Å². The summed E-state index contributed by atoms with van der Waals surface area (Å²) in [6.45, 7) is 2.67. The maximum atomic E-state index is 11.9. The van der Waals surface area contributed by atoms with Crippen molar-refractivity contribution < 1.29 is 4.79 Å². The summed E-state index contributed by atoms with van der Waals surface area (Å²) < 4.78 is 0. The van der Waals surface area contributed by atoms with Gasteiger partial charge in [-0.05, 0) is 12.5 Å². The first-order valence-electron chi connectivity index (χ1n) is 5.99. The van der Waals surface area contributed by atoms with Gasteiger partial charge in [-0.15, -0.1) is 0 Å². The number of hydrogen-bond donors (Lipinski definition) is 2. The lowest BCUT2D eigenvalue weighted by atomic mass is 10.1. The number of carbonyl (C=O) groups is 1. The Bertz CT molecular complexity index is 619. The van der Waals surface area contributed by atoms with Crippen molar-refractivity contribution in [1.29, 1.82) is 0 Å². The lowest BCUT2D eigenvalue weighted by Gasteiger charge is -2.05. The van der Waals surface area contributed by atoms with Crippen LogP contribution in [0.15, 0.2) is 29.1 Å². The molecule has 5 heteroatoms. The number of aromatic amines is 1. The molecule has 5 nitrogen and oxygen atoms in total. The summed E-state index contributed by atoms with van der Waals surface area (Å²) in [4.78, 5) is 23.5. The molecule has 0 spiro atoms. The van der Waals surface area contributed by atoms with Crippen LogP contribution in [0.4, 0.5) is 0 Å². The molecule has 0 aliphatic rings. The quantitative estimate of drug-likeness (QED) is 0.801. The molecular weight excluding hydrogens is 230 g/mol. The molecule has 1 amide bonds. The topological polar surface area (TPSA) is 74.8 Å². The molecule has 18 heavy (non-hydrogen) atoms. The average molecular weight is 245 g/mol. The zero-order valence-electron chi connectivity index (χ0n) is 10.2. The number of H-pyrrole nitrogens is 1. The van der Waals surface area contributed by atoms with Crippen LogP contribution >= 0.6 is 0 Å². The van der Waals surface area contributed by atoms with E-state index in [0.717, 1.165) is 12.8 Å². The van der Waals surface area contributed by atoms with E-state index in [1.165, 1.54) is 0 Å². The van der Waals surface area contributed by atoms with Crippen molar-refractivity contribution >= 4 is 16.7 Å². The van der Waals surface area contributed by atoms with Crippen molar-refractivity contribution in [2.24, 2.45) is 0 Å². The Labute approximate surface area is 104 Å². The molecule has 0 radical (unpaired) electrons. The first-order chi connectivity index (χ1) is 8.74. The third-order valence-electron chi connectivity index (χ3n) is 2.73. The van der Waals surface area contributed by atoms with Crippen LogP contribution in [0, 0.1) is 0 Å². The summed E-state index contributed by atoms with van der Waals surface area (Å²) >= 11 is 0. The molecule has 0 unspecified atom stereocenters. The Morgan fingerprint density at radius 2 is 2.06 bits per heavy atom. The number of benzene rings is 1. The number of aromatic nitrogens is 2. The van der Waals surface area contributed by atoms with E-state index < -0.39 is 0 Å². The van der Waals surface area contributed by atoms with Crippen LogP contribution in [0.3, 0.4) is 0 Å². The van der Waals surface area contributed by atoms with Gasteiger partial charge in [0.05, 0.1) is 5.39 Å². The first-order valence-corrected chi connectivity index (χ1v) is 5.99. The van der Waals surface area contributed by atoms with Crippen LogP contribution in [0.2, 0.25) is 0 Å². The minimum absolute atomic E-state index is 0.254. The van der Waals surface area contributed by atoms with Gasteiger partial charge in [0.25, 0.3) is 11.5 Å². The highest BCUT2D eigenvalue weighted by Gasteiger charge is 2.12. The predicted octanol–water partition coefficient (Wildman–Crippen LogP) is 1.45. The fourth-order valence-corrected chi connectivity index (χ4v) is 1.75. The Hall–Kier alpha value is -2.17. The second kappa shape index (κ2) is 5.44. The van der Waals surface area contributed by atoms with Gasteiger partial charge in [-0.3, -0.25) is 9.59 Å². The van der Waals surface area contributed by atoms with E-state index in [1.54, 1.807) is 24.3 Å². The molecule has 0 aliphatic heterocycles. The molecule has 0 fully saturated rings. The Morgan fingerprint density at radius 3 is 2.78 bits per heavy atom. The van der Waals surface area contributed by atoms with Crippen molar-refractivity contribution in [3.05, 3.63) is 40.3 Å². The lowest BCUT2D eigenvalue weighted by molar-refractivity contribution is 0.0949. The van der Waals surface area contributed by atoms with Crippen molar-refractivity contribution in [2.45, 2.75) is 19.8 Å². The molecule has 0 bridgehead atoms. The zero-order chi connectivity index (χ0) is 13.0. The molecule has 2 rings (SSSR count). The van der Waals surface area contributed by atoms with E-state index in [2.05, 4.69) is 22.4 Å². The minimum Gasteiger partial charge on any atom is -0.351 e. The zero-order valence-corrected chi connectivity index (χ0v) is 10.2. The molecule has 2 aromatic rings. The number of hydrogen-bond acceptors (Lipinski definition) is 3. The normalized spacial score (nSPS) is 10.5. The van der Waals surface area contributed by atoms with Gasteiger partial charge in [0.2, 0.25) is 0 Å². The van der Waals surface area contributed by atoms with Gasteiger partial charge < -0.3 is 5.32 Å². The van der Waals surface area contributed by atoms with Crippen LogP contribution in [0.25, 0.3) is 10.8 Å². The second-order valence-corrected chi connectivity index (χ2v) is 4.06. The molecule has 1 heterocycles. The van der Waals surface area contributed by atoms with Crippen molar-refractivity contribution in [2.75, 3.05) is 6.54 Å². The van der Waals surface area contributed by atoms with Gasteiger partial charge in [0.15, 0.2) is 5.69 Å². The van der Waals surface area contributed by atoms with Crippen molar-refractivity contribution in [3.63, 3.8) is 0 Å². The van der Waals surface area contributed by atoms with Gasteiger partial charge in [-0.2, -0.15) is 5.10 Å². The highest BCUT2D eigenvalue weighted by molar-refractivity contribution is 6.04. The van der Waals surface area contributed by atoms with Gasteiger partial charge in [-0.1, -0.05) is 31.5 Å². The molecule has 0 saturated carbocycles. The maximum Gasteiger partial charge on any atom is 0.272 e. The molecule has 0 atom stereocenters. The van der Waals surface area contributed by atoms with Crippen LogP contribution in [-0.4, -0.2) is 22.6 Å². The number of rotatable bonds is 4. The molecule has 1 aromatic heterocycles. The largest absolute Gasteiger partial charge is 0.351 e. The van der Waals surface area contributed by atoms with Crippen molar-refractivity contribution in [1.82, 2.24) is 15.5 Å². The first kappa shape index (κ1) is 12.3.